The first-order valence-corrected chi connectivity index (χ1v) is 5.99. The van der Waals surface area contributed by atoms with Crippen molar-refractivity contribution in [3.63, 3.8) is 0 Å². The van der Waals surface area contributed by atoms with Gasteiger partial charge in [0.05, 0.1) is 0 Å². The number of rotatable bonds is 5. The summed E-state index contributed by atoms with van der Waals surface area (Å²) in [7, 11) is 0. The Morgan fingerprint density at radius 2 is 2.16 bits per heavy atom. The summed E-state index contributed by atoms with van der Waals surface area (Å²) < 4.78 is 5.38. The molecule has 0 saturated heterocycles. The first kappa shape index (κ1) is 13.4. The van der Waals surface area contributed by atoms with Gasteiger partial charge in [-0.2, -0.15) is 0 Å². The van der Waals surface area contributed by atoms with Gasteiger partial charge in [-0.15, -0.1) is 0 Å². The molecule has 1 aromatic carbocycles. The minimum atomic E-state index is -1.16. The molecule has 6 nitrogen and oxygen atoms in total. The largest absolute Gasteiger partial charge is 0.492 e. The summed E-state index contributed by atoms with van der Waals surface area (Å²) in [6.45, 7) is -0.0916. The van der Waals surface area contributed by atoms with Crippen LogP contribution in [0.25, 0.3) is 0 Å². The molecule has 0 radical (unpaired) electrons. The van der Waals surface area contributed by atoms with Crippen LogP contribution >= 0.6 is 0 Å². The van der Waals surface area contributed by atoms with Gasteiger partial charge in [0.2, 0.25) is 5.91 Å². The number of amides is 1. The van der Waals surface area contributed by atoms with Crippen molar-refractivity contribution in [2.75, 3.05) is 13.2 Å². The van der Waals surface area contributed by atoms with E-state index in [-0.39, 0.29) is 19.6 Å². The average molecular weight is 265 g/mol. The molecule has 1 aromatic rings. The fourth-order valence-electron chi connectivity index (χ4n) is 2.04. The number of nitrogens with one attached hydrogen (secondary N) is 1. The van der Waals surface area contributed by atoms with Gasteiger partial charge in [0.1, 0.15) is 24.3 Å². The lowest BCUT2D eigenvalue weighted by atomic mass is 10.00. The minimum Gasteiger partial charge on any atom is -0.492 e. The number of para-hydroxylation sites is 1. The van der Waals surface area contributed by atoms with Crippen LogP contribution in [-0.2, 0) is 9.59 Å². The van der Waals surface area contributed by atoms with Crippen LogP contribution in [0.3, 0.4) is 0 Å². The molecule has 1 aliphatic heterocycles. The normalized spacial score (nSPS) is 18.3. The number of carbonyl (C=O) groups is 2. The fraction of sp³-hybridized carbons (Fsp3) is 0.385. The molecule has 0 fully saturated rings. The van der Waals surface area contributed by atoms with Crippen LogP contribution in [0.15, 0.2) is 24.3 Å². The van der Waals surface area contributed by atoms with Gasteiger partial charge >= 0.3 is 5.97 Å². The van der Waals surface area contributed by atoms with Gasteiger partial charge in [0.25, 0.3) is 0 Å². The molecular weight excluding hydrogens is 250 g/mol. The summed E-state index contributed by atoms with van der Waals surface area (Å²) in [5, 5.41) is 20.1. The van der Waals surface area contributed by atoms with Gasteiger partial charge in [0, 0.05) is 18.6 Å². The Balaban J connectivity index is 2.07. The number of benzene rings is 1. The maximum absolute atomic E-state index is 12.1. The number of aliphatic hydroxyl groups is 1. The predicted octanol–water partition coefficient (Wildman–Crippen LogP) is 0.114. The van der Waals surface area contributed by atoms with Crippen molar-refractivity contribution < 1.29 is 24.5 Å². The number of aliphatic hydroxyl groups excluding tert-OH is 1. The molecule has 1 aliphatic rings. The number of hydrogen-bond acceptors (Lipinski definition) is 4. The van der Waals surface area contributed by atoms with Crippen LogP contribution in [0, 0.1) is 0 Å². The van der Waals surface area contributed by atoms with E-state index < -0.39 is 23.8 Å². The Morgan fingerprint density at radius 3 is 2.84 bits per heavy atom. The predicted molar refractivity (Wildman–Crippen MR) is 65.9 cm³/mol. The zero-order chi connectivity index (χ0) is 13.8. The summed E-state index contributed by atoms with van der Waals surface area (Å²) in [4.78, 5) is 23.0. The average Bonchev–Trinajstić information content (AvgIpc) is 2.81. The third kappa shape index (κ3) is 2.85. The van der Waals surface area contributed by atoms with Crippen LogP contribution < -0.4 is 10.1 Å². The Kier molecular flexibility index (Phi) is 4.01. The highest BCUT2D eigenvalue weighted by molar-refractivity contribution is 5.89. The molecule has 102 valence electrons. The molecule has 0 spiro atoms. The van der Waals surface area contributed by atoms with E-state index in [0.29, 0.717) is 5.75 Å². The van der Waals surface area contributed by atoms with E-state index >= 15 is 0 Å². The number of carboxylic acid groups (broad SMARTS) is 1. The number of aliphatic carboxylic acids is 1. The van der Waals surface area contributed by atoms with Crippen molar-refractivity contribution >= 4 is 11.9 Å². The zero-order valence-corrected chi connectivity index (χ0v) is 10.2. The lowest BCUT2D eigenvalue weighted by molar-refractivity contribution is -0.142. The first-order chi connectivity index (χ1) is 9.13. The molecule has 0 bridgehead atoms. The zero-order valence-electron chi connectivity index (χ0n) is 10.2. The molecule has 0 aliphatic carbocycles. The van der Waals surface area contributed by atoms with Crippen molar-refractivity contribution in [2.45, 2.75) is 18.4 Å². The minimum absolute atomic E-state index is 0.0176. The van der Waals surface area contributed by atoms with E-state index in [1.807, 2.05) is 6.07 Å². The topological polar surface area (TPSA) is 95.9 Å². The van der Waals surface area contributed by atoms with Crippen molar-refractivity contribution in [3.05, 3.63) is 29.8 Å². The van der Waals surface area contributed by atoms with Crippen molar-refractivity contribution in [1.29, 1.82) is 0 Å². The molecule has 0 aromatic heterocycles. The monoisotopic (exact) mass is 265 g/mol. The number of ether oxygens (including phenoxy) is 1. The number of hydrogen-bond donors (Lipinski definition) is 3. The van der Waals surface area contributed by atoms with E-state index in [2.05, 4.69) is 5.32 Å². The van der Waals surface area contributed by atoms with Gasteiger partial charge in [-0.25, -0.2) is 4.79 Å². The number of carboxylic acids is 1. The van der Waals surface area contributed by atoms with E-state index in [1.165, 1.54) is 0 Å². The van der Waals surface area contributed by atoms with Crippen LogP contribution in [0.2, 0.25) is 0 Å². The second-order valence-corrected chi connectivity index (χ2v) is 4.31. The Labute approximate surface area is 110 Å². The molecule has 2 rings (SSSR count). The summed E-state index contributed by atoms with van der Waals surface area (Å²) >= 11 is 0. The summed E-state index contributed by atoms with van der Waals surface area (Å²) in [6, 6.07) is 6.09. The van der Waals surface area contributed by atoms with Crippen molar-refractivity contribution in [1.82, 2.24) is 5.32 Å². The molecule has 1 unspecified atom stereocenters. The van der Waals surface area contributed by atoms with Crippen LogP contribution in [-0.4, -0.2) is 41.3 Å². The second-order valence-electron chi connectivity index (χ2n) is 4.31. The maximum Gasteiger partial charge on any atom is 0.326 e. The van der Waals surface area contributed by atoms with Crippen LogP contribution in [0.5, 0.6) is 5.75 Å². The van der Waals surface area contributed by atoms with E-state index in [4.69, 9.17) is 14.9 Å². The van der Waals surface area contributed by atoms with Gasteiger partial charge in [0.15, 0.2) is 0 Å². The summed E-state index contributed by atoms with van der Waals surface area (Å²) in [5.41, 5.74) is 0.758. The molecule has 3 N–H and O–H groups in total. The van der Waals surface area contributed by atoms with E-state index in [0.717, 1.165) is 5.56 Å². The summed E-state index contributed by atoms with van der Waals surface area (Å²) in [5.74, 6) is -1.41. The molecule has 2 atom stereocenters. The maximum atomic E-state index is 12.1. The molecule has 19 heavy (non-hydrogen) atoms. The van der Waals surface area contributed by atoms with Gasteiger partial charge in [-0.05, 0) is 6.07 Å². The fourth-order valence-corrected chi connectivity index (χ4v) is 2.04. The summed E-state index contributed by atoms with van der Waals surface area (Å²) in [6.07, 6.45) is -0.0176. The highest BCUT2D eigenvalue weighted by Gasteiger charge is 2.32. The van der Waals surface area contributed by atoms with Crippen LogP contribution in [0.1, 0.15) is 17.9 Å². The standard InChI is InChI=1S/C13H15NO5/c15-6-5-10(13(17)18)14-12(16)9-7-19-11-4-2-1-3-8(9)11/h1-4,9-10,15H,5-7H2,(H,14,16)(H,17,18)/t9?,10-/m1/s1. The SMILES string of the molecule is O=C(N[C@H](CCO)C(=O)O)C1COc2ccccc21. The molecule has 1 heterocycles. The van der Waals surface area contributed by atoms with Crippen LogP contribution in [0.4, 0.5) is 0 Å². The third-order valence-corrected chi connectivity index (χ3v) is 3.05. The van der Waals surface area contributed by atoms with Crippen molar-refractivity contribution in [3.8, 4) is 5.75 Å². The number of carbonyl (C=O) groups excluding carboxylic acids is 1. The molecule has 1 amide bonds. The van der Waals surface area contributed by atoms with Gasteiger partial charge < -0.3 is 20.3 Å². The first-order valence-electron chi connectivity index (χ1n) is 5.99. The van der Waals surface area contributed by atoms with E-state index in [1.54, 1.807) is 18.2 Å². The smallest absolute Gasteiger partial charge is 0.326 e. The Bertz CT molecular complexity index is 488. The Hall–Kier alpha value is -2.08. The lowest BCUT2D eigenvalue weighted by Gasteiger charge is -2.16. The number of fused-ring (bicyclic) bond motifs is 1. The second kappa shape index (κ2) is 5.71. The highest BCUT2D eigenvalue weighted by atomic mass is 16.5. The van der Waals surface area contributed by atoms with Crippen molar-refractivity contribution in [2.24, 2.45) is 0 Å². The molecular formula is C13H15NO5. The quantitative estimate of drug-likeness (QED) is 0.702. The lowest BCUT2D eigenvalue weighted by Crippen LogP contribution is -2.43. The van der Waals surface area contributed by atoms with Gasteiger partial charge in [-0.3, -0.25) is 4.79 Å². The van der Waals surface area contributed by atoms with Gasteiger partial charge in [-0.1, -0.05) is 18.2 Å². The van der Waals surface area contributed by atoms with E-state index in [9.17, 15) is 9.59 Å². The highest BCUT2D eigenvalue weighted by Crippen LogP contribution is 2.33. The third-order valence-electron chi connectivity index (χ3n) is 3.05. The Morgan fingerprint density at radius 1 is 1.42 bits per heavy atom. The molecule has 6 heteroatoms. The molecule has 0 saturated carbocycles.